The van der Waals surface area contributed by atoms with Crippen LogP contribution in [0.15, 0.2) is 24.5 Å². The topological polar surface area (TPSA) is 108 Å². The summed E-state index contributed by atoms with van der Waals surface area (Å²) in [6, 6.07) is 4.50. The van der Waals surface area contributed by atoms with Gasteiger partial charge < -0.3 is 0 Å². The van der Waals surface area contributed by atoms with Gasteiger partial charge in [0.15, 0.2) is 0 Å². The highest BCUT2D eigenvalue weighted by atomic mass is 35.5. The summed E-state index contributed by atoms with van der Waals surface area (Å²) in [6.45, 7) is 0.356. The standard InChI is InChI=1S/C13H14ClN5O3S/c14-10-4-3-9(12(20)17-13-15-8-16-18-13)7-11(10)19-5-1-2-6-23(19,21)22/h3-4,7-8H,1-2,5-6H2,(H2,15,16,17,18,20). The number of carbonyl (C=O) groups is 1. The zero-order valence-corrected chi connectivity index (χ0v) is 13.6. The van der Waals surface area contributed by atoms with Crippen LogP contribution in [0.25, 0.3) is 0 Å². The van der Waals surface area contributed by atoms with Crippen molar-refractivity contribution in [2.24, 2.45) is 0 Å². The van der Waals surface area contributed by atoms with Gasteiger partial charge in [0.2, 0.25) is 16.0 Å². The van der Waals surface area contributed by atoms with Crippen LogP contribution < -0.4 is 9.62 Å². The molecule has 1 aromatic heterocycles. The molecule has 23 heavy (non-hydrogen) atoms. The van der Waals surface area contributed by atoms with Crippen LogP contribution in [0.1, 0.15) is 23.2 Å². The number of benzene rings is 1. The fraction of sp³-hybridized carbons (Fsp3) is 0.308. The van der Waals surface area contributed by atoms with Gasteiger partial charge in [0.25, 0.3) is 5.91 Å². The molecule has 0 aliphatic carbocycles. The Morgan fingerprint density at radius 3 is 2.87 bits per heavy atom. The molecule has 0 atom stereocenters. The fourth-order valence-electron chi connectivity index (χ4n) is 2.35. The highest BCUT2D eigenvalue weighted by Gasteiger charge is 2.28. The molecule has 0 saturated carbocycles. The Bertz CT molecular complexity index is 822. The number of rotatable bonds is 3. The van der Waals surface area contributed by atoms with E-state index in [2.05, 4.69) is 20.5 Å². The first-order valence-electron chi connectivity index (χ1n) is 6.94. The summed E-state index contributed by atoms with van der Waals surface area (Å²) >= 11 is 6.14. The van der Waals surface area contributed by atoms with E-state index in [0.717, 1.165) is 6.42 Å². The summed E-state index contributed by atoms with van der Waals surface area (Å²) < 4.78 is 25.7. The highest BCUT2D eigenvalue weighted by molar-refractivity contribution is 7.92. The maximum atomic E-state index is 12.2. The van der Waals surface area contributed by atoms with E-state index < -0.39 is 15.9 Å². The molecule has 3 rings (SSSR count). The molecule has 0 spiro atoms. The molecule has 122 valence electrons. The maximum Gasteiger partial charge on any atom is 0.258 e. The third kappa shape index (κ3) is 3.30. The maximum absolute atomic E-state index is 12.2. The molecule has 1 aliphatic rings. The lowest BCUT2D eigenvalue weighted by atomic mass is 10.2. The third-order valence-corrected chi connectivity index (χ3v) is 5.65. The Morgan fingerprint density at radius 1 is 1.35 bits per heavy atom. The molecule has 1 aromatic carbocycles. The summed E-state index contributed by atoms with van der Waals surface area (Å²) in [5.41, 5.74) is 0.596. The third-order valence-electron chi connectivity index (χ3n) is 3.47. The molecule has 2 N–H and O–H groups in total. The lowest BCUT2D eigenvalue weighted by Gasteiger charge is -2.29. The SMILES string of the molecule is O=C(Nc1ncn[nH]1)c1ccc(Cl)c(N2CCCCS2(=O)=O)c1. The highest BCUT2D eigenvalue weighted by Crippen LogP contribution is 2.31. The molecule has 0 bridgehead atoms. The number of hydrogen-bond acceptors (Lipinski definition) is 5. The minimum Gasteiger partial charge on any atom is -0.291 e. The number of amides is 1. The van der Waals surface area contributed by atoms with Crippen LogP contribution in [0.5, 0.6) is 0 Å². The second kappa shape index (κ2) is 6.17. The molecule has 2 aromatic rings. The Hall–Kier alpha value is -2.13. The number of carbonyl (C=O) groups excluding carboxylic acids is 1. The summed E-state index contributed by atoms with van der Waals surface area (Å²) in [5, 5.41) is 8.96. The van der Waals surface area contributed by atoms with E-state index in [1.807, 2.05) is 0 Å². The largest absolute Gasteiger partial charge is 0.291 e. The average Bonchev–Trinajstić information content (AvgIpc) is 3.00. The van der Waals surface area contributed by atoms with Crippen LogP contribution in [0.3, 0.4) is 0 Å². The zero-order chi connectivity index (χ0) is 16.4. The number of anilines is 2. The normalized spacial score (nSPS) is 17.0. The van der Waals surface area contributed by atoms with Crippen molar-refractivity contribution in [3.8, 4) is 0 Å². The van der Waals surface area contributed by atoms with E-state index in [0.29, 0.717) is 18.7 Å². The van der Waals surface area contributed by atoms with Gasteiger partial charge in [0.1, 0.15) is 6.33 Å². The second-order valence-corrected chi connectivity index (χ2v) is 7.47. The minimum atomic E-state index is -3.40. The van der Waals surface area contributed by atoms with E-state index in [1.54, 1.807) is 0 Å². The summed E-state index contributed by atoms with van der Waals surface area (Å²) in [5.74, 6) is -0.149. The second-order valence-electron chi connectivity index (χ2n) is 5.05. The molecule has 0 unspecified atom stereocenters. The average molecular weight is 356 g/mol. The van der Waals surface area contributed by atoms with E-state index >= 15 is 0 Å². The van der Waals surface area contributed by atoms with Crippen molar-refractivity contribution < 1.29 is 13.2 Å². The van der Waals surface area contributed by atoms with Gasteiger partial charge in [-0.25, -0.2) is 13.5 Å². The number of nitrogens with zero attached hydrogens (tertiary/aromatic N) is 3. The Balaban J connectivity index is 1.91. The molecule has 2 heterocycles. The van der Waals surface area contributed by atoms with Gasteiger partial charge in [-0.1, -0.05) is 11.6 Å². The zero-order valence-electron chi connectivity index (χ0n) is 12.0. The quantitative estimate of drug-likeness (QED) is 0.870. The van der Waals surface area contributed by atoms with Gasteiger partial charge >= 0.3 is 0 Å². The number of halogens is 1. The lowest BCUT2D eigenvalue weighted by Crippen LogP contribution is -2.38. The van der Waals surface area contributed by atoms with Gasteiger partial charge in [0, 0.05) is 12.1 Å². The monoisotopic (exact) mass is 355 g/mol. The first-order chi connectivity index (χ1) is 11.0. The Labute approximate surface area is 137 Å². The first-order valence-corrected chi connectivity index (χ1v) is 8.93. The molecular weight excluding hydrogens is 342 g/mol. The molecular formula is C13H14ClN5O3S. The molecule has 8 nitrogen and oxygen atoms in total. The van der Waals surface area contributed by atoms with Crippen LogP contribution in [0.2, 0.25) is 5.02 Å². The Morgan fingerprint density at radius 2 is 2.17 bits per heavy atom. The van der Waals surface area contributed by atoms with Crippen molar-refractivity contribution in [2.75, 3.05) is 21.9 Å². The van der Waals surface area contributed by atoms with Crippen molar-refractivity contribution in [1.29, 1.82) is 0 Å². The number of sulfonamides is 1. The van der Waals surface area contributed by atoms with Crippen LogP contribution in [-0.2, 0) is 10.0 Å². The van der Waals surface area contributed by atoms with Gasteiger partial charge in [-0.3, -0.25) is 14.4 Å². The number of hydrogen-bond donors (Lipinski definition) is 2. The van der Waals surface area contributed by atoms with Crippen LogP contribution >= 0.6 is 11.6 Å². The molecule has 1 fully saturated rings. The van der Waals surface area contributed by atoms with Gasteiger partial charge in [-0.2, -0.15) is 10.1 Å². The van der Waals surface area contributed by atoms with Crippen molar-refractivity contribution >= 4 is 39.2 Å². The minimum absolute atomic E-state index is 0.0812. The number of nitrogens with one attached hydrogen (secondary N) is 2. The van der Waals surface area contributed by atoms with Gasteiger partial charge in [0.05, 0.1) is 16.5 Å². The smallest absolute Gasteiger partial charge is 0.258 e. The van der Waals surface area contributed by atoms with E-state index in [1.165, 1.54) is 28.8 Å². The van der Waals surface area contributed by atoms with Crippen LogP contribution in [0, 0.1) is 0 Å². The van der Waals surface area contributed by atoms with Crippen LogP contribution in [-0.4, -0.2) is 41.8 Å². The first kappa shape index (κ1) is 15.8. The number of H-pyrrole nitrogens is 1. The van der Waals surface area contributed by atoms with E-state index in [-0.39, 0.29) is 22.3 Å². The molecule has 1 saturated heterocycles. The molecule has 0 radical (unpaired) electrons. The fourth-order valence-corrected chi connectivity index (χ4v) is 4.27. The summed E-state index contributed by atoms with van der Waals surface area (Å²) in [6.07, 6.45) is 2.65. The number of aromatic nitrogens is 3. The van der Waals surface area contributed by atoms with Gasteiger partial charge in [-0.05, 0) is 31.0 Å². The van der Waals surface area contributed by atoms with Crippen LogP contribution in [0.4, 0.5) is 11.6 Å². The van der Waals surface area contributed by atoms with Crippen molar-refractivity contribution in [3.05, 3.63) is 35.1 Å². The predicted molar refractivity (Wildman–Crippen MR) is 86.2 cm³/mol. The summed E-state index contributed by atoms with van der Waals surface area (Å²) in [7, 11) is -3.40. The molecule has 1 aliphatic heterocycles. The molecule has 1 amide bonds. The van der Waals surface area contributed by atoms with Crippen molar-refractivity contribution in [2.45, 2.75) is 12.8 Å². The molecule has 10 heteroatoms. The van der Waals surface area contributed by atoms with E-state index in [4.69, 9.17) is 11.6 Å². The Kier molecular flexibility index (Phi) is 4.22. The van der Waals surface area contributed by atoms with E-state index in [9.17, 15) is 13.2 Å². The van der Waals surface area contributed by atoms with Crippen molar-refractivity contribution in [1.82, 2.24) is 15.2 Å². The predicted octanol–water partition coefficient (Wildman–Crippen LogP) is 1.64. The lowest BCUT2D eigenvalue weighted by molar-refractivity contribution is 0.102. The summed E-state index contributed by atoms with van der Waals surface area (Å²) in [4.78, 5) is 16.0. The van der Waals surface area contributed by atoms with Gasteiger partial charge in [-0.15, -0.1) is 0 Å². The van der Waals surface area contributed by atoms with Crippen molar-refractivity contribution in [3.63, 3.8) is 0 Å². The number of aromatic amines is 1.